The fourth-order valence-electron chi connectivity index (χ4n) is 3.12. The first-order valence-corrected chi connectivity index (χ1v) is 9.57. The van der Waals surface area contributed by atoms with Gasteiger partial charge in [-0.3, -0.25) is 4.79 Å². The number of ether oxygens (including phenoxy) is 2. The third-order valence-electron chi connectivity index (χ3n) is 4.69. The Morgan fingerprint density at radius 1 is 0.968 bits per heavy atom. The van der Waals surface area contributed by atoms with Crippen LogP contribution in [0.15, 0.2) is 83.7 Å². The van der Waals surface area contributed by atoms with Gasteiger partial charge in [0.15, 0.2) is 6.73 Å². The summed E-state index contributed by atoms with van der Waals surface area (Å²) in [5, 5.41) is 8.27. The van der Waals surface area contributed by atoms with Crippen LogP contribution in [0.5, 0.6) is 5.75 Å². The van der Waals surface area contributed by atoms with E-state index in [0.717, 1.165) is 10.2 Å². The molecule has 154 valence electrons. The van der Waals surface area contributed by atoms with Crippen molar-refractivity contribution in [3.05, 3.63) is 100 Å². The lowest BCUT2D eigenvalue weighted by atomic mass is 10.0. The quantitative estimate of drug-likeness (QED) is 0.273. The molecule has 0 unspecified atom stereocenters. The van der Waals surface area contributed by atoms with Crippen LogP contribution in [0, 0.1) is 0 Å². The molecule has 0 aliphatic carbocycles. The lowest BCUT2D eigenvalue weighted by Gasteiger charge is -2.11. The lowest BCUT2D eigenvalue weighted by molar-refractivity contribution is -0.140. The molecule has 0 bridgehead atoms. The van der Waals surface area contributed by atoms with Gasteiger partial charge in [0, 0.05) is 5.56 Å². The van der Waals surface area contributed by atoms with Crippen LogP contribution < -0.4 is 10.3 Å². The molecule has 0 aliphatic heterocycles. The van der Waals surface area contributed by atoms with Crippen molar-refractivity contribution >= 4 is 28.5 Å². The van der Waals surface area contributed by atoms with Crippen LogP contribution in [-0.2, 0) is 16.3 Å². The molecule has 7 heteroatoms. The number of nitrogens with zero attached hydrogens (tertiary/aromatic N) is 3. The fourth-order valence-corrected chi connectivity index (χ4v) is 3.12. The molecule has 4 rings (SSSR count). The van der Waals surface area contributed by atoms with Crippen molar-refractivity contribution in [1.82, 2.24) is 15.0 Å². The first kappa shape index (κ1) is 20.0. The monoisotopic (exact) mass is 413 g/mol. The average Bonchev–Trinajstić information content (AvgIpc) is 2.83. The molecule has 3 aromatic carbocycles. The van der Waals surface area contributed by atoms with Gasteiger partial charge in [-0.2, -0.15) is 4.68 Å². The summed E-state index contributed by atoms with van der Waals surface area (Å²) in [5.41, 5.74) is 1.83. The van der Waals surface area contributed by atoms with E-state index in [2.05, 4.69) is 10.3 Å². The molecular weight excluding hydrogens is 394 g/mol. The zero-order chi connectivity index (χ0) is 21.6. The normalized spacial score (nSPS) is 11.3. The highest BCUT2D eigenvalue weighted by Crippen LogP contribution is 2.25. The Kier molecular flexibility index (Phi) is 5.84. The Hall–Kier alpha value is -4.26. The second-order valence-electron chi connectivity index (χ2n) is 6.64. The molecule has 0 atom stereocenters. The molecule has 1 heterocycles. The third-order valence-corrected chi connectivity index (χ3v) is 4.69. The first-order chi connectivity index (χ1) is 15.2. The number of hydrogen-bond donors (Lipinski definition) is 0. The summed E-state index contributed by atoms with van der Waals surface area (Å²) in [6.45, 7) is -0.356. The van der Waals surface area contributed by atoms with Gasteiger partial charge >= 0.3 is 5.97 Å². The Balaban J connectivity index is 1.65. The maximum absolute atomic E-state index is 13.0. The van der Waals surface area contributed by atoms with E-state index in [-0.39, 0.29) is 12.3 Å². The second kappa shape index (κ2) is 9.04. The van der Waals surface area contributed by atoms with Crippen molar-refractivity contribution in [2.24, 2.45) is 0 Å². The van der Waals surface area contributed by atoms with E-state index in [4.69, 9.17) is 9.47 Å². The summed E-state index contributed by atoms with van der Waals surface area (Å²) in [5.74, 6) is 0.0271. The van der Waals surface area contributed by atoms with E-state index in [9.17, 15) is 9.59 Å². The molecule has 0 saturated heterocycles. The van der Waals surface area contributed by atoms with Crippen molar-refractivity contribution in [2.45, 2.75) is 6.73 Å². The molecule has 0 fully saturated rings. The average molecular weight is 413 g/mol. The van der Waals surface area contributed by atoms with Gasteiger partial charge in [0.25, 0.3) is 5.56 Å². The van der Waals surface area contributed by atoms with Crippen LogP contribution in [0.25, 0.3) is 22.6 Å². The van der Waals surface area contributed by atoms with E-state index in [1.807, 2.05) is 54.6 Å². The van der Waals surface area contributed by atoms with E-state index in [1.54, 1.807) is 37.5 Å². The highest BCUT2D eigenvalue weighted by molar-refractivity contribution is 6.21. The molecule has 0 spiro atoms. The number of hydrogen-bond acceptors (Lipinski definition) is 6. The van der Waals surface area contributed by atoms with Crippen molar-refractivity contribution in [2.75, 3.05) is 7.11 Å². The van der Waals surface area contributed by atoms with Crippen LogP contribution in [0.4, 0.5) is 0 Å². The zero-order valence-electron chi connectivity index (χ0n) is 16.8. The summed E-state index contributed by atoms with van der Waals surface area (Å²) < 4.78 is 11.8. The van der Waals surface area contributed by atoms with Crippen molar-refractivity contribution in [1.29, 1.82) is 0 Å². The van der Waals surface area contributed by atoms with Crippen molar-refractivity contribution < 1.29 is 14.3 Å². The maximum Gasteiger partial charge on any atom is 0.340 e. The van der Waals surface area contributed by atoms with Crippen LogP contribution >= 0.6 is 0 Å². The summed E-state index contributed by atoms with van der Waals surface area (Å²) in [7, 11) is 1.57. The Labute approximate surface area is 178 Å². The third kappa shape index (κ3) is 4.35. The molecule has 7 nitrogen and oxygen atoms in total. The molecule has 4 aromatic rings. The number of fused-ring (bicyclic) bond motifs is 1. The van der Waals surface area contributed by atoms with Gasteiger partial charge in [0.2, 0.25) is 0 Å². The van der Waals surface area contributed by atoms with Gasteiger partial charge in [-0.05, 0) is 29.8 Å². The largest absolute Gasteiger partial charge is 0.496 e. The van der Waals surface area contributed by atoms with Gasteiger partial charge in [-0.25, -0.2) is 4.79 Å². The molecular formula is C24H19N3O4. The second-order valence-corrected chi connectivity index (χ2v) is 6.64. The number of carbonyl (C=O) groups excluding carboxylic acids is 1. The zero-order valence-corrected chi connectivity index (χ0v) is 16.8. The number of rotatable bonds is 6. The van der Waals surface area contributed by atoms with Gasteiger partial charge in [-0.15, -0.1) is 5.10 Å². The number of esters is 1. The topological polar surface area (TPSA) is 83.3 Å². The summed E-state index contributed by atoms with van der Waals surface area (Å²) in [6, 6.07) is 23.4. The molecule has 31 heavy (non-hydrogen) atoms. The molecule has 1 aromatic heterocycles. The van der Waals surface area contributed by atoms with Crippen LogP contribution in [-0.4, -0.2) is 28.1 Å². The van der Waals surface area contributed by atoms with E-state index < -0.39 is 5.97 Å². The molecule has 0 radical (unpaired) electrons. The summed E-state index contributed by atoms with van der Waals surface area (Å²) >= 11 is 0. The molecule has 0 saturated carbocycles. The van der Waals surface area contributed by atoms with Gasteiger partial charge in [0.1, 0.15) is 11.3 Å². The predicted molar refractivity (Wildman–Crippen MR) is 117 cm³/mol. The number of carbonyl (C=O) groups is 1. The van der Waals surface area contributed by atoms with E-state index in [1.165, 1.54) is 0 Å². The first-order valence-electron chi connectivity index (χ1n) is 9.57. The predicted octanol–water partition coefficient (Wildman–Crippen LogP) is 3.54. The molecule has 0 N–H and O–H groups in total. The minimum absolute atomic E-state index is 0.326. The van der Waals surface area contributed by atoms with Gasteiger partial charge in [-0.1, -0.05) is 65.9 Å². The minimum Gasteiger partial charge on any atom is -0.496 e. The molecule has 0 amide bonds. The number of para-hydroxylation sites is 1. The van der Waals surface area contributed by atoms with Crippen LogP contribution in [0.2, 0.25) is 0 Å². The Morgan fingerprint density at radius 2 is 1.68 bits per heavy atom. The lowest BCUT2D eigenvalue weighted by Crippen LogP contribution is -2.26. The van der Waals surface area contributed by atoms with Crippen molar-refractivity contribution in [3.8, 4) is 5.75 Å². The number of benzene rings is 3. The fraction of sp³-hybridized carbons (Fsp3) is 0.0833. The summed E-state index contributed by atoms with van der Waals surface area (Å²) in [6.07, 6.45) is 1.70. The minimum atomic E-state index is -0.598. The highest BCUT2D eigenvalue weighted by Gasteiger charge is 2.16. The highest BCUT2D eigenvalue weighted by atomic mass is 16.5. The number of aromatic nitrogens is 3. The maximum atomic E-state index is 13.0. The SMILES string of the molecule is COc1ccccc1C=C(C(=O)OCn1nnc2ccccc2c1=O)c1ccccc1. The van der Waals surface area contributed by atoms with E-state index in [0.29, 0.717) is 27.8 Å². The van der Waals surface area contributed by atoms with Crippen LogP contribution in [0.3, 0.4) is 0 Å². The number of methoxy groups -OCH3 is 1. The smallest absolute Gasteiger partial charge is 0.340 e. The Morgan fingerprint density at radius 3 is 2.48 bits per heavy atom. The standard InChI is InChI=1S/C24H19N3O4/c1-30-22-14-8-5-11-18(22)15-20(17-9-3-2-4-10-17)24(29)31-16-27-23(28)19-12-6-7-13-21(19)25-26-27/h2-15H,16H2,1H3. The Bertz CT molecular complexity index is 1310. The summed E-state index contributed by atoms with van der Waals surface area (Å²) in [4.78, 5) is 25.6. The molecule has 0 aliphatic rings. The van der Waals surface area contributed by atoms with Crippen LogP contribution in [0.1, 0.15) is 11.1 Å². The van der Waals surface area contributed by atoms with Gasteiger partial charge in [0.05, 0.1) is 18.1 Å². The van der Waals surface area contributed by atoms with Gasteiger partial charge < -0.3 is 9.47 Å². The van der Waals surface area contributed by atoms with E-state index >= 15 is 0 Å². The van der Waals surface area contributed by atoms with Crippen molar-refractivity contribution in [3.63, 3.8) is 0 Å².